The topological polar surface area (TPSA) is 61.6 Å². The van der Waals surface area contributed by atoms with Gasteiger partial charge in [0.25, 0.3) is 6.71 Å². The molecule has 0 amide bonds. The zero-order chi connectivity index (χ0) is 17.5. The number of nitrogens with zero attached hydrogens (tertiary/aromatic N) is 3. The van der Waals surface area contributed by atoms with Gasteiger partial charge in [-0.1, -0.05) is 45.2 Å². The Bertz CT molecular complexity index is 702. The quantitative estimate of drug-likeness (QED) is 0.465. The van der Waals surface area contributed by atoms with Gasteiger partial charge in [0.2, 0.25) is 0 Å². The largest absolute Gasteiger partial charge is 0.367 e. The number of nitriles is 1. The lowest BCUT2D eigenvalue weighted by Crippen LogP contribution is -2.29. The van der Waals surface area contributed by atoms with Crippen molar-refractivity contribution in [3.8, 4) is 5.97 Å². The van der Waals surface area contributed by atoms with Crippen LogP contribution in [0.1, 0.15) is 38.5 Å². The van der Waals surface area contributed by atoms with E-state index in [1.54, 1.807) is 23.1 Å². The van der Waals surface area contributed by atoms with Gasteiger partial charge in [0.05, 0.1) is 5.39 Å². The second-order valence-corrected chi connectivity index (χ2v) is 7.55. The van der Waals surface area contributed by atoms with Gasteiger partial charge in [0.15, 0.2) is 5.16 Å². The molecule has 0 spiro atoms. The fraction of sp³-hybridized carbons (Fsp3) is 0.588. The third-order valence-corrected chi connectivity index (χ3v) is 5.93. The SMILES string of the molecule is CC.CCc1cc2c(NC3CCB(C#N)CC3)nc(SC)nc2s1. The number of aromatic nitrogens is 2. The highest BCUT2D eigenvalue weighted by molar-refractivity contribution is 7.98. The van der Waals surface area contributed by atoms with E-state index in [2.05, 4.69) is 34.2 Å². The standard InChI is InChI=1S/C15H19BN4S2.C2H6/c1-3-11-8-12-13(19-15(21-2)20-14(12)22-11)18-10-4-6-16(9-17)7-5-10;1-2/h8,10H,3-7H2,1-2H3,(H,18,19,20);1-2H3. The molecule has 0 unspecified atom stereocenters. The van der Waals surface area contributed by atoms with Gasteiger partial charge < -0.3 is 5.32 Å². The lowest BCUT2D eigenvalue weighted by atomic mass is 9.42. The molecule has 1 aliphatic rings. The molecule has 1 fully saturated rings. The van der Waals surface area contributed by atoms with Gasteiger partial charge >= 0.3 is 0 Å². The van der Waals surface area contributed by atoms with E-state index in [0.29, 0.717) is 6.04 Å². The summed E-state index contributed by atoms with van der Waals surface area (Å²) in [5, 5.41) is 14.6. The Labute approximate surface area is 153 Å². The van der Waals surface area contributed by atoms with E-state index in [9.17, 15) is 0 Å². The molecule has 2 aromatic heterocycles. The lowest BCUT2D eigenvalue weighted by Gasteiger charge is -2.25. The van der Waals surface area contributed by atoms with Crippen LogP contribution < -0.4 is 5.32 Å². The summed E-state index contributed by atoms with van der Waals surface area (Å²) in [6.07, 6.45) is 7.11. The van der Waals surface area contributed by atoms with Crippen molar-refractivity contribution < 1.29 is 0 Å². The zero-order valence-electron chi connectivity index (χ0n) is 14.9. The molecule has 0 bridgehead atoms. The van der Waals surface area contributed by atoms with E-state index in [0.717, 1.165) is 53.1 Å². The van der Waals surface area contributed by atoms with Gasteiger partial charge in [-0.25, -0.2) is 15.2 Å². The number of thioether (sulfide) groups is 1. The monoisotopic (exact) mass is 360 g/mol. The molecule has 0 radical (unpaired) electrons. The van der Waals surface area contributed by atoms with Crippen molar-refractivity contribution in [2.45, 2.75) is 63.9 Å². The third kappa shape index (κ3) is 4.43. The average molecular weight is 360 g/mol. The van der Waals surface area contributed by atoms with E-state index < -0.39 is 0 Å². The summed E-state index contributed by atoms with van der Waals surface area (Å²) in [6.45, 7) is 6.40. The number of nitrogens with one attached hydrogen (secondary N) is 1. The minimum atomic E-state index is 0.234. The van der Waals surface area contributed by atoms with Crippen LogP contribution in [0, 0.1) is 11.2 Å². The molecule has 1 saturated heterocycles. The molecule has 7 heteroatoms. The Kier molecular flexibility index (Phi) is 7.38. The fourth-order valence-electron chi connectivity index (χ4n) is 2.89. The number of hydrogen-bond acceptors (Lipinski definition) is 6. The van der Waals surface area contributed by atoms with Crippen molar-refractivity contribution in [2.75, 3.05) is 11.6 Å². The predicted molar refractivity (Wildman–Crippen MR) is 108 cm³/mol. The number of thiophene rings is 1. The van der Waals surface area contributed by atoms with E-state index in [-0.39, 0.29) is 6.71 Å². The minimum absolute atomic E-state index is 0.234. The van der Waals surface area contributed by atoms with Crippen LogP contribution in [0.2, 0.25) is 12.6 Å². The van der Waals surface area contributed by atoms with E-state index in [1.165, 1.54) is 4.88 Å². The van der Waals surface area contributed by atoms with Crippen molar-refractivity contribution in [2.24, 2.45) is 0 Å². The fourth-order valence-corrected chi connectivity index (χ4v) is 4.28. The van der Waals surface area contributed by atoms with Crippen LogP contribution in [0.4, 0.5) is 5.82 Å². The van der Waals surface area contributed by atoms with Gasteiger partial charge in [0.1, 0.15) is 10.6 Å². The van der Waals surface area contributed by atoms with Crippen LogP contribution in [-0.4, -0.2) is 29.0 Å². The lowest BCUT2D eigenvalue weighted by molar-refractivity contribution is 0.636. The molecular formula is C17H25BN4S2. The molecule has 3 rings (SSSR count). The third-order valence-electron chi connectivity index (χ3n) is 4.20. The first-order chi connectivity index (χ1) is 11.7. The Hall–Kier alpha value is -1.26. The Morgan fingerprint density at radius 1 is 1.38 bits per heavy atom. The Morgan fingerprint density at radius 2 is 2.08 bits per heavy atom. The van der Waals surface area contributed by atoms with Crippen molar-refractivity contribution in [3.05, 3.63) is 10.9 Å². The second kappa shape index (κ2) is 9.29. The Balaban J connectivity index is 0.00000100. The molecule has 0 aromatic carbocycles. The molecule has 128 valence electrons. The first kappa shape index (κ1) is 19.1. The number of anilines is 1. The normalized spacial score (nSPS) is 14.9. The zero-order valence-corrected chi connectivity index (χ0v) is 16.6. The molecular weight excluding hydrogens is 335 g/mol. The summed E-state index contributed by atoms with van der Waals surface area (Å²) in [5.41, 5.74) is 0. The maximum atomic E-state index is 9.01. The number of fused-ring (bicyclic) bond motifs is 1. The highest BCUT2D eigenvalue weighted by Gasteiger charge is 2.25. The van der Waals surface area contributed by atoms with Gasteiger partial charge in [-0.2, -0.15) is 0 Å². The molecule has 24 heavy (non-hydrogen) atoms. The summed E-state index contributed by atoms with van der Waals surface area (Å²) in [7, 11) is 0. The maximum Gasteiger partial charge on any atom is 0.268 e. The molecule has 0 saturated carbocycles. The predicted octanol–water partition coefficient (Wildman–Crippen LogP) is 5.13. The number of aryl methyl sites for hydroxylation is 1. The molecule has 1 N–H and O–H groups in total. The van der Waals surface area contributed by atoms with E-state index in [4.69, 9.17) is 5.26 Å². The van der Waals surface area contributed by atoms with Gasteiger partial charge in [0, 0.05) is 16.9 Å². The molecule has 3 heterocycles. The summed E-state index contributed by atoms with van der Waals surface area (Å²) in [6, 6.07) is 2.63. The van der Waals surface area contributed by atoms with Gasteiger partial charge in [-0.15, -0.1) is 11.3 Å². The molecule has 1 aliphatic heterocycles. The summed E-state index contributed by atoms with van der Waals surface area (Å²) in [4.78, 5) is 11.7. The van der Waals surface area contributed by atoms with Crippen LogP contribution >= 0.6 is 23.1 Å². The van der Waals surface area contributed by atoms with Gasteiger partial charge in [-0.05, 0) is 31.6 Å². The Morgan fingerprint density at radius 3 is 2.67 bits per heavy atom. The minimum Gasteiger partial charge on any atom is -0.367 e. The molecule has 4 nitrogen and oxygen atoms in total. The van der Waals surface area contributed by atoms with Crippen LogP contribution in [0.3, 0.4) is 0 Å². The summed E-state index contributed by atoms with van der Waals surface area (Å²) in [5.74, 6) is 3.36. The first-order valence-corrected chi connectivity index (χ1v) is 10.8. The van der Waals surface area contributed by atoms with E-state index >= 15 is 0 Å². The highest BCUT2D eigenvalue weighted by Crippen LogP contribution is 2.32. The van der Waals surface area contributed by atoms with Crippen molar-refractivity contribution >= 4 is 45.8 Å². The van der Waals surface area contributed by atoms with Crippen molar-refractivity contribution in [1.82, 2.24) is 9.97 Å². The average Bonchev–Trinajstić information content (AvgIpc) is 3.07. The van der Waals surface area contributed by atoms with E-state index in [1.807, 2.05) is 20.1 Å². The van der Waals surface area contributed by atoms with Crippen molar-refractivity contribution in [1.29, 1.82) is 5.26 Å². The highest BCUT2D eigenvalue weighted by atomic mass is 32.2. The number of rotatable bonds is 4. The smallest absolute Gasteiger partial charge is 0.268 e. The molecule has 0 atom stereocenters. The molecule has 0 aliphatic carbocycles. The summed E-state index contributed by atoms with van der Waals surface area (Å²) < 4.78 is 0. The second-order valence-electron chi connectivity index (χ2n) is 5.67. The first-order valence-electron chi connectivity index (χ1n) is 8.74. The maximum absolute atomic E-state index is 9.01. The number of hydrogen-bond donors (Lipinski definition) is 1. The van der Waals surface area contributed by atoms with Crippen LogP contribution in [0.25, 0.3) is 10.2 Å². The summed E-state index contributed by atoms with van der Waals surface area (Å²) >= 11 is 3.34. The van der Waals surface area contributed by atoms with Crippen LogP contribution in [0.15, 0.2) is 11.2 Å². The van der Waals surface area contributed by atoms with Gasteiger partial charge in [-0.3, -0.25) is 0 Å². The van der Waals surface area contributed by atoms with Crippen LogP contribution in [0.5, 0.6) is 0 Å². The van der Waals surface area contributed by atoms with Crippen LogP contribution in [-0.2, 0) is 6.42 Å². The molecule has 2 aromatic rings. The van der Waals surface area contributed by atoms with Crippen molar-refractivity contribution in [3.63, 3.8) is 0 Å².